The van der Waals surface area contributed by atoms with Crippen LogP contribution in [0.4, 0.5) is 13.2 Å². The Morgan fingerprint density at radius 1 is 0.857 bits per heavy atom. The number of benzene rings is 2. The van der Waals surface area contributed by atoms with E-state index in [4.69, 9.17) is 11.5 Å². The van der Waals surface area contributed by atoms with Gasteiger partial charge in [-0.05, 0) is 28.8 Å². The first kappa shape index (κ1) is 17.5. The first-order valence-electron chi connectivity index (χ1n) is 6.15. The fourth-order valence-electron chi connectivity index (χ4n) is 1.91. The lowest BCUT2D eigenvalue weighted by atomic mass is 10.00. The molecule has 0 saturated heterocycles. The number of hydrogen-bond acceptors (Lipinski definition) is 2. The number of halogens is 4. The molecule has 114 valence electrons. The minimum absolute atomic E-state index is 0. The van der Waals surface area contributed by atoms with Gasteiger partial charge in [-0.3, -0.25) is 0 Å². The molecule has 0 bridgehead atoms. The molecule has 21 heavy (non-hydrogen) atoms. The molecule has 0 aliphatic heterocycles. The molecule has 2 rings (SSSR count). The van der Waals surface area contributed by atoms with E-state index in [0.717, 1.165) is 28.8 Å². The predicted molar refractivity (Wildman–Crippen MR) is 80.1 cm³/mol. The van der Waals surface area contributed by atoms with Crippen molar-refractivity contribution in [1.82, 2.24) is 0 Å². The monoisotopic (exact) mass is 316 g/mol. The SMILES string of the molecule is Cl.NC[C@H](N)c1ccc(-c2ccc(C(F)(F)F)cc2)cc1. The molecule has 4 N–H and O–H groups in total. The molecule has 0 unspecified atom stereocenters. The fourth-order valence-corrected chi connectivity index (χ4v) is 1.91. The van der Waals surface area contributed by atoms with Crippen molar-refractivity contribution in [2.45, 2.75) is 12.2 Å². The van der Waals surface area contributed by atoms with Gasteiger partial charge < -0.3 is 11.5 Å². The van der Waals surface area contributed by atoms with Crippen LogP contribution >= 0.6 is 12.4 Å². The Bertz CT molecular complexity index is 565. The first-order valence-corrected chi connectivity index (χ1v) is 6.15. The van der Waals surface area contributed by atoms with Crippen molar-refractivity contribution >= 4 is 12.4 Å². The largest absolute Gasteiger partial charge is 0.416 e. The van der Waals surface area contributed by atoms with Gasteiger partial charge in [-0.2, -0.15) is 13.2 Å². The van der Waals surface area contributed by atoms with E-state index in [-0.39, 0.29) is 18.4 Å². The molecule has 0 fully saturated rings. The maximum absolute atomic E-state index is 12.5. The average Bonchev–Trinajstić information content (AvgIpc) is 2.46. The van der Waals surface area contributed by atoms with Gasteiger partial charge in [0, 0.05) is 12.6 Å². The molecule has 1 atom stereocenters. The van der Waals surface area contributed by atoms with E-state index >= 15 is 0 Å². The van der Waals surface area contributed by atoms with Crippen LogP contribution in [-0.4, -0.2) is 6.54 Å². The van der Waals surface area contributed by atoms with Crippen LogP contribution < -0.4 is 11.5 Å². The first-order chi connectivity index (χ1) is 9.41. The molecule has 2 nitrogen and oxygen atoms in total. The zero-order valence-electron chi connectivity index (χ0n) is 11.1. The van der Waals surface area contributed by atoms with Crippen molar-refractivity contribution in [3.8, 4) is 11.1 Å². The molecule has 0 aliphatic carbocycles. The van der Waals surface area contributed by atoms with Gasteiger partial charge in [0.1, 0.15) is 0 Å². The van der Waals surface area contributed by atoms with Gasteiger partial charge in [0.2, 0.25) is 0 Å². The van der Waals surface area contributed by atoms with E-state index in [1.54, 1.807) is 0 Å². The van der Waals surface area contributed by atoms with Crippen LogP contribution in [0.3, 0.4) is 0 Å². The summed E-state index contributed by atoms with van der Waals surface area (Å²) in [5.41, 5.74) is 13.1. The minimum atomic E-state index is -4.31. The molecule has 0 spiro atoms. The van der Waals surface area contributed by atoms with E-state index in [0.29, 0.717) is 6.54 Å². The third-order valence-corrected chi connectivity index (χ3v) is 3.14. The van der Waals surface area contributed by atoms with Crippen LogP contribution in [0.15, 0.2) is 48.5 Å². The molecule has 0 saturated carbocycles. The average molecular weight is 317 g/mol. The second-order valence-corrected chi connectivity index (χ2v) is 4.54. The van der Waals surface area contributed by atoms with Crippen molar-refractivity contribution in [2.24, 2.45) is 11.5 Å². The van der Waals surface area contributed by atoms with E-state index in [2.05, 4.69) is 0 Å². The summed E-state index contributed by atoms with van der Waals surface area (Å²) in [4.78, 5) is 0. The molecule has 0 aromatic heterocycles. The van der Waals surface area contributed by atoms with Crippen LogP contribution in [0.1, 0.15) is 17.2 Å². The summed E-state index contributed by atoms with van der Waals surface area (Å²) in [7, 11) is 0. The third kappa shape index (κ3) is 4.20. The zero-order valence-corrected chi connectivity index (χ0v) is 11.9. The Kier molecular flexibility index (Phi) is 5.78. The molecule has 6 heteroatoms. The third-order valence-electron chi connectivity index (χ3n) is 3.14. The van der Waals surface area contributed by atoms with Crippen molar-refractivity contribution in [1.29, 1.82) is 0 Å². The summed E-state index contributed by atoms with van der Waals surface area (Å²) in [5.74, 6) is 0. The van der Waals surface area contributed by atoms with Crippen molar-refractivity contribution in [3.05, 3.63) is 59.7 Å². The maximum Gasteiger partial charge on any atom is 0.416 e. The summed E-state index contributed by atoms with van der Waals surface area (Å²) < 4.78 is 37.4. The van der Waals surface area contributed by atoms with Crippen LogP contribution in [0.2, 0.25) is 0 Å². The maximum atomic E-state index is 12.5. The standard InChI is InChI=1S/C15H15F3N2.ClH/c16-15(17,18)13-7-5-11(6-8-13)10-1-3-12(4-2-10)14(20)9-19;/h1-8,14H,9,19-20H2;1H/t14-;/m0./s1. The van der Waals surface area contributed by atoms with Crippen LogP contribution in [-0.2, 0) is 6.18 Å². The summed E-state index contributed by atoms with van der Waals surface area (Å²) in [6.45, 7) is 0.347. The highest BCUT2D eigenvalue weighted by Crippen LogP contribution is 2.31. The molecular weight excluding hydrogens is 301 g/mol. The highest BCUT2D eigenvalue weighted by atomic mass is 35.5. The number of nitrogens with two attached hydrogens (primary N) is 2. The van der Waals surface area contributed by atoms with Crippen LogP contribution in [0.25, 0.3) is 11.1 Å². The Balaban J connectivity index is 0.00000220. The van der Waals surface area contributed by atoms with E-state index < -0.39 is 11.7 Å². The van der Waals surface area contributed by atoms with Gasteiger partial charge in [0.25, 0.3) is 0 Å². The Labute approximate surface area is 127 Å². The molecule has 0 heterocycles. The van der Waals surface area contributed by atoms with E-state index in [1.165, 1.54) is 12.1 Å². The fraction of sp³-hybridized carbons (Fsp3) is 0.200. The van der Waals surface area contributed by atoms with Crippen molar-refractivity contribution in [3.63, 3.8) is 0 Å². The Morgan fingerprint density at radius 2 is 1.29 bits per heavy atom. The highest BCUT2D eigenvalue weighted by molar-refractivity contribution is 5.85. The molecule has 0 amide bonds. The summed E-state index contributed by atoms with van der Waals surface area (Å²) >= 11 is 0. The zero-order chi connectivity index (χ0) is 14.8. The lowest BCUT2D eigenvalue weighted by molar-refractivity contribution is -0.137. The van der Waals surface area contributed by atoms with E-state index in [1.807, 2.05) is 24.3 Å². The second-order valence-electron chi connectivity index (χ2n) is 4.54. The van der Waals surface area contributed by atoms with Gasteiger partial charge in [-0.25, -0.2) is 0 Å². The molecular formula is C15H16ClF3N2. The van der Waals surface area contributed by atoms with Gasteiger partial charge >= 0.3 is 6.18 Å². The lowest BCUT2D eigenvalue weighted by Gasteiger charge is -2.11. The number of hydrogen-bond donors (Lipinski definition) is 2. The highest BCUT2D eigenvalue weighted by Gasteiger charge is 2.29. The smallest absolute Gasteiger partial charge is 0.329 e. The lowest BCUT2D eigenvalue weighted by Crippen LogP contribution is -2.20. The summed E-state index contributed by atoms with van der Waals surface area (Å²) in [6.07, 6.45) is -4.31. The topological polar surface area (TPSA) is 52.0 Å². The van der Waals surface area contributed by atoms with Crippen molar-refractivity contribution < 1.29 is 13.2 Å². The van der Waals surface area contributed by atoms with Gasteiger partial charge in [0.15, 0.2) is 0 Å². The number of alkyl halides is 3. The molecule has 0 aliphatic rings. The second kappa shape index (κ2) is 6.93. The molecule has 0 radical (unpaired) electrons. The predicted octanol–water partition coefficient (Wildman–Crippen LogP) is 3.75. The number of rotatable bonds is 3. The normalized spacial score (nSPS) is 12.6. The summed E-state index contributed by atoms with van der Waals surface area (Å²) in [5, 5.41) is 0. The molecule has 2 aromatic carbocycles. The van der Waals surface area contributed by atoms with Crippen LogP contribution in [0.5, 0.6) is 0 Å². The van der Waals surface area contributed by atoms with Gasteiger partial charge in [0.05, 0.1) is 5.56 Å². The van der Waals surface area contributed by atoms with E-state index in [9.17, 15) is 13.2 Å². The van der Waals surface area contributed by atoms with Gasteiger partial charge in [-0.1, -0.05) is 36.4 Å². The molecule has 2 aromatic rings. The Morgan fingerprint density at radius 3 is 1.67 bits per heavy atom. The summed E-state index contributed by atoms with van der Waals surface area (Å²) in [6, 6.07) is 12.2. The Hall–Kier alpha value is -1.56. The van der Waals surface area contributed by atoms with Gasteiger partial charge in [-0.15, -0.1) is 12.4 Å². The van der Waals surface area contributed by atoms with Crippen LogP contribution in [0, 0.1) is 0 Å². The minimum Gasteiger partial charge on any atom is -0.329 e. The van der Waals surface area contributed by atoms with Crippen molar-refractivity contribution in [2.75, 3.05) is 6.54 Å². The quantitative estimate of drug-likeness (QED) is 0.906.